The van der Waals surface area contributed by atoms with Crippen LogP contribution in [0.1, 0.15) is 49.2 Å². The molecule has 2 aromatic heterocycles. The molecule has 138 valence electrons. The van der Waals surface area contributed by atoms with Crippen LogP contribution in [0.5, 0.6) is 0 Å². The fourth-order valence-corrected chi connectivity index (χ4v) is 3.82. The number of aryl methyl sites for hydroxylation is 1. The Labute approximate surface area is 149 Å². The van der Waals surface area contributed by atoms with E-state index in [1.165, 1.54) is 13.2 Å². The van der Waals surface area contributed by atoms with Gasteiger partial charge in [0.1, 0.15) is 0 Å². The second-order valence-electron chi connectivity index (χ2n) is 6.63. The van der Waals surface area contributed by atoms with E-state index >= 15 is 0 Å². The molecule has 2 aromatic rings. The summed E-state index contributed by atoms with van der Waals surface area (Å²) >= 11 is 1.55. The summed E-state index contributed by atoms with van der Waals surface area (Å²) in [6, 6.07) is 1.79. The number of hydrogen-bond donors (Lipinski definition) is 1. The molecule has 1 unspecified atom stereocenters. The fraction of sp³-hybridized carbons (Fsp3) is 0.529. The number of carbonyl (C=O) groups excluding carboxylic acids is 1. The second-order valence-corrected chi connectivity index (χ2v) is 7.58. The van der Waals surface area contributed by atoms with Crippen molar-refractivity contribution in [2.75, 3.05) is 5.32 Å². The van der Waals surface area contributed by atoms with Crippen molar-refractivity contribution in [1.29, 1.82) is 0 Å². The summed E-state index contributed by atoms with van der Waals surface area (Å²) in [5.74, 6) is 0.319. The van der Waals surface area contributed by atoms with Crippen molar-refractivity contribution in [3.05, 3.63) is 33.8 Å². The van der Waals surface area contributed by atoms with Gasteiger partial charge in [-0.25, -0.2) is 0 Å². The Balaban J connectivity index is 2.11. The molecule has 0 saturated carbocycles. The number of thiophene rings is 1. The van der Waals surface area contributed by atoms with E-state index in [1.54, 1.807) is 17.4 Å². The number of aromatic nitrogens is 2. The Hall–Kier alpha value is -1.83. The van der Waals surface area contributed by atoms with E-state index < -0.39 is 17.8 Å². The third-order valence-electron chi connectivity index (χ3n) is 3.77. The fourth-order valence-electron chi connectivity index (χ4n) is 2.89. The molecule has 0 spiro atoms. The van der Waals surface area contributed by atoms with Gasteiger partial charge in [-0.2, -0.15) is 18.3 Å². The van der Waals surface area contributed by atoms with Gasteiger partial charge in [-0.1, -0.05) is 20.8 Å². The molecule has 2 heterocycles. The monoisotopic (exact) mass is 373 g/mol. The zero-order valence-electron chi connectivity index (χ0n) is 14.6. The Morgan fingerprint density at radius 1 is 1.36 bits per heavy atom. The van der Waals surface area contributed by atoms with E-state index in [-0.39, 0.29) is 17.9 Å². The van der Waals surface area contributed by atoms with Crippen LogP contribution in [-0.4, -0.2) is 15.7 Å². The van der Waals surface area contributed by atoms with Crippen LogP contribution < -0.4 is 5.32 Å². The summed E-state index contributed by atoms with van der Waals surface area (Å²) in [6.07, 6.45) is -2.73. The average Bonchev–Trinajstić information content (AvgIpc) is 3.04. The number of alkyl halides is 3. The normalized spacial score (nSPS) is 13.3. The topological polar surface area (TPSA) is 46.9 Å². The molecule has 1 atom stereocenters. The van der Waals surface area contributed by atoms with Crippen molar-refractivity contribution >= 4 is 22.9 Å². The van der Waals surface area contributed by atoms with Crippen LogP contribution in [0.4, 0.5) is 18.9 Å². The van der Waals surface area contributed by atoms with Gasteiger partial charge in [-0.3, -0.25) is 9.48 Å². The summed E-state index contributed by atoms with van der Waals surface area (Å²) in [4.78, 5) is 13.3. The quantitative estimate of drug-likeness (QED) is 0.788. The molecule has 1 amide bonds. The van der Waals surface area contributed by atoms with Gasteiger partial charge < -0.3 is 5.32 Å². The lowest BCUT2D eigenvalue weighted by Crippen LogP contribution is -2.18. The highest BCUT2D eigenvalue weighted by atomic mass is 32.1. The number of hydrogen-bond acceptors (Lipinski definition) is 3. The average molecular weight is 373 g/mol. The smallest absolute Gasteiger partial charge is 0.325 e. The highest BCUT2D eigenvalue weighted by Crippen LogP contribution is 2.34. The van der Waals surface area contributed by atoms with E-state index in [1.807, 2.05) is 5.38 Å². The molecule has 0 fully saturated rings. The van der Waals surface area contributed by atoms with Crippen LogP contribution in [0.25, 0.3) is 0 Å². The molecule has 4 nitrogen and oxygen atoms in total. The lowest BCUT2D eigenvalue weighted by atomic mass is 9.97. The van der Waals surface area contributed by atoms with Crippen molar-refractivity contribution in [3.8, 4) is 0 Å². The van der Waals surface area contributed by atoms with Crippen molar-refractivity contribution in [3.63, 3.8) is 0 Å². The summed E-state index contributed by atoms with van der Waals surface area (Å²) < 4.78 is 40.0. The zero-order chi connectivity index (χ0) is 18.8. The third-order valence-corrected chi connectivity index (χ3v) is 4.91. The molecule has 0 radical (unpaired) electrons. The Kier molecular flexibility index (Phi) is 5.92. The van der Waals surface area contributed by atoms with E-state index in [0.29, 0.717) is 11.6 Å². The van der Waals surface area contributed by atoms with Gasteiger partial charge in [0.2, 0.25) is 5.91 Å². The Morgan fingerprint density at radius 2 is 2.04 bits per heavy atom. The molecule has 0 aliphatic carbocycles. The third kappa shape index (κ3) is 5.07. The maximum atomic E-state index is 13.0. The molecule has 0 bridgehead atoms. The van der Waals surface area contributed by atoms with E-state index in [9.17, 15) is 18.0 Å². The van der Waals surface area contributed by atoms with Gasteiger partial charge in [0, 0.05) is 23.7 Å². The first-order valence-corrected chi connectivity index (χ1v) is 8.92. The zero-order valence-corrected chi connectivity index (χ0v) is 15.5. The number of rotatable bonds is 6. The minimum Gasteiger partial charge on any atom is -0.325 e. The SMILES string of the molecule is CC(C)CC(C)c1sccc1NC(=O)Cc1cn(C)nc1C(F)(F)F. The van der Waals surface area contributed by atoms with Crippen molar-refractivity contribution < 1.29 is 18.0 Å². The summed E-state index contributed by atoms with van der Waals surface area (Å²) in [5, 5.41) is 8.05. The molecule has 8 heteroatoms. The van der Waals surface area contributed by atoms with E-state index in [2.05, 4.69) is 31.2 Å². The maximum absolute atomic E-state index is 13.0. The van der Waals surface area contributed by atoms with Crippen molar-refractivity contribution in [2.45, 2.75) is 45.7 Å². The summed E-state index contributed by atoms with van der Waals surface area (Å²) in [7, 11) is 1.40. The first kappa shape index (κ1) is 19.5. The lowest BCUT2D eigenvalue weighted by Gasteiger charge is -2.15. The van der Waals surface area contributed by atoms with Crippen LogP contribution in [0, 0.1) is 5.92 Å². The van der Waals surface area contributed by atoms with Gasteiger partial charge >= 0.3 is 6.18 Å². The summed E-state index contributed by atoms with van der Waals surface area (Å²) in [6.45, 7) is 6.34. The van der Waals surface area contributed by atoms with Crippen LogP contribution in [0.2, 0.25) is 0 Å². The van der Waals surface area contributed by atoms with E-state index in [0.717, 1.165) is 16.0 Å². The molecular weight excluding hydrogens is 351 g/mol. The number of amides is 1. The number of carbonyl (C=O) groups is 1. The molecular formula is C17H22F3N3OS. The second kappa shape index (κ2) is 7.59. The van der Waals surface area contributed by atoms with Crippen LogP contribution in [-0.2, 0) is 24.4 Å². The van der Waals surface area contributed by atoms with Gasteiger partial charge in [0.15, 0.2) is 5.69 Å². The van der Waals surface area contributed by atoms with Crippen molar-refractivity contribution in [1.82, 2.24) is 9.78 Å². The number of halogens is 3. The predicted octanol–water partition coefficient (Wildman–Crippen LogP) is 4.83. The molecule has 0 aliphatic heterocycles. The van der Waals surface area contributed by atoms with Crippen LogP contribution >= 0.6 is 11.3 Å². The maximum Gasteiger partial charge on any atom is 0.435 e. The standard InChI is InChI=1S/C17H22F3N3OS/c1-10(2)7-11(3)15-13(5-6-25-15)21-14(24)8-12-9-23(4)22-16(12)17(18,19)20/h5-6,9-11H,7-8H2,1-4H3,(H,21,24). The molecule has 25 heavy (non-hydrogen) atoms. The van der Waals surface area contributed by atoms with Crippen LogP contribution in [0.15, 0.2) is 17.6 Å². The Morgan fingerprint density at radius 3 is 2.64 bits per heavy atom. The van der Waals surface area contributed by atoms with Gasteiger partial charge in [0.05, 0.1) is 12.1 Å². The highest BCUT2D eigenvalue weighted by molar-refractivity contribution is 7.10. The first-order chi connectivity index (χ1) is 11.6. The molecule has 2 rings (SSSR count). The first-order valence-electron chi connectivity index (χ1n) is 8.04. The van der Waals surface area contributed by atoms with Gasteiger partial charge in [-0.15, -0.1) is 11.3 Å². The van der Waals surface area contributed by atoms with Crippen LogP contribution in [0.3, 0.4) is 0 Å². The van der Waals surface area contributed by atoms with Gasteiger partial charge in [-0.05, 0) is 29.7 Å². The Bertz CT molecular complexity index is 734. The molecule has 0 aliphatic rings. The number of nitrogens with zero attached hydrogens (tertiary/aromatic N) is 2. The molecule has 0 saturated heterocycles. The summed E-state index contributed by atoms with van der Waals surface area (Å²) in [5.41, 5.74) is -0.455. The molecule has 1 N–H and O–H groups in total. The minimum atomic E-state index is -4.57. The molecule has 0 aromatic carbocycles. The number of anilines is 1. The van der Waals surface area contributed by atoms with E-state index in [4.69, 9.17) is 0 Å². The van der Waals surface area contributed by atoms with Gasteiger partial charge in [0.25, 0.3) is 0 Å². The predicted molar refractivity (Wildman–Crippen MR) is 92.7 cm³/mol. The largest absolute Gasteiger partial charge is 0.435 e. The highest BCUT2D eigenvalue weighted by Gasteiger charge is 2.37. The number of nitrogens with one attached hydrogen (secondary N) is 1. The van der Waals surface area contributed by atoms with Crippen molar-refractivity contribution in [2.24, 2.45) is 13.0 Å². The minimum absolute atomic E-state index is 0.125. The lowest BCUT2D eigenvalue weighted by molar-refractivity contribution is -0.142.